The van der Waals surface area contributed by atoms with Crippen LogP contribution < -0.4 is 11.2 Å². The number of piperidine rings is 1. The molecule has 3 aromatic rings. The molecule has 1 fully saturated rings. The number of hydrogen-bond donors (Lipinski definition) is 2. The Bertz CT molecular complexity index is 1120. The molecule has 168 valence electrons. The second-order valence-corrected chi connectivity index (χ2v) is 8.17. The monoisotopic (exact) mass is 457 g/mol. The summed E-state index contributed by atoms with van der Waals surface area (Å²) in [5.41, 5.74) is 10.6. The van der Waals surface area contributed by atoms with Crippen molar-refractivity contribution in [2.45, 2.75) is 45.7 Å². The number of amides is 1. The van der Waals surface area contributed by atoms with Gasteiger partial charge in [-0.3, -0.25) is 9.69 Å². The predicted octanol–water partition coefficient (Wildman–Crippen LogP) is 2.41. The highest BCUT2D eigenvalue weighted by molar-refractivity contribution is 6.30. The number of nitrogen functional groups attached to an aromatic ring is 1. The van der Waals surface area contributed by atoms with E-state index in [9.17, 15) is 4.79 Å². The second kappa shape index (κ2) is 9.45. The topological polar surface area (TPSA) is 140 Å². The number of halogens is 1. The number of carbonyl (C=O) groups excluding carboxylic acids is 1. The minimum atomic E-state index is -0.487. The van der Waals surface area contributed by atoms with Gasteiger partial charge in [-0.05, 0) is 61.2 Å². The molecule has 0 saturated carbocycles. The Labute approximate surface area is 189 Å². The normalized spacial score (nSPS) is 17.5. The number of nitrogens with two attached hydrogens (primary N) is 1. The van der Waals surface area contributed by atoms with Crippen LogP contribution in [0.25, 0.3) is 5.82 Å². The molecule has 2 aromatic heterocycles. The smallest absolute Gasteiger partial charge is 0.293 e. The Hall–Kier alpha value is -3.31. The van der Waals surface area contributed by atoms with Gasteiger partial charge in [0.05, 0.1) is 11.4 Å². The van der Waals surface area contributed by atoms with Gasteiger partial charge in [0.2, 0.25) is 11.6 Å². The van der Waals surface area contributed by atoms with Crippen LogP contribution in [0.3, 0.4) is 0 Å². The Balaban J connectivity index is 1.61. The quantitative estimate of drug-likeness (QED) is 0.424. The number of carbonyl (C=O) groups is 1. The molecule has 1 aliphatic heterocycles. The number of hydrazone groups is 1. The molecule has 0 bridgehead atoms. The minimum absolute atomic E-state index is 0.0615. The molecule has 0 aliphatic carbocycles. The van der Waals surface area contributed by atoms with Crippen LogP contribution in [-0.4, -0.2) is 54.4 Å². The SMILES string of the molecule is C/C(=N\NC(=O)c1nnn(-c2nonc2N)c1CN1CCCC[C@H]1C)c1ccc(Cl)cc1. The zero-order valence-corrected chi connectivity index (χ0v) is 18.6. The van der Waals surface area contributed by atoms with E-state index in [4.69, 9.17) is 22.0 Å². The van der Waals surface area contributed by atoms with Crippen LogP contribution in [0.1, 0.15) is 54.9 Å². The number of anilines is 1. The molecule has 3 heterocycles. The zero-order chi connectivity index (χ0) is 22.7. The number of benzene rings is 1. The van der Waals surface area contributed by atoms with Gasteiger partial charge in [0.25, 0.3) is 5.91 Å². The van der Waals surface area contributed by atoms with E-state index >= 15 is 0 Å². The van der Waals surface area contributed by atoms with Crippen molar-refractivity contribution < 1.29 is 9.42 Å². The highest BCUT2D eigenvalue weighted by Crippen LogP contribution is 2.22. The number of aromatic nitrogens is 5. The van der Waals surface area contributed by atoms with Gasteiger partial charge in [-0.25, -0.2) is 10.1 Å². The van der Waals surface area contributed by atoms with E-state index in [1.165, 1.54) is 11.1 Å². The molecule has 11 nitrogen and oxygen atoms in total. The predicted molar refractivity (Wildman–Crippen MR) is 118 cm³/mol. The maximum atomic E-state index is 13.0. The zero-order valence-electron chi connectivity index (χ0n) is 17.8. The van der Waals surface area contributed by atoms with Crippen LogP contribution in [0.5, 0.6) is 0 Å². The summed E-state index contributed by atoms with van der Waals surface area (Å²) in [6, 6.07) is 7.54. The van der Waals surface area contributed by atoms with E-state index in [1.807, 2.05) is 12.1 Å². The van der Waals surface area contributed by atoms with Crippen LogP contribution >= 0.6 is 11.6 Å². The lowest BCUT2D eigenvalue weighted by Crippen LogP contribution is -2.38. The summed E-state index contributed by atoms with van der Waals surface area (Å²) in [5, 5.41) is 20.4. The summed E-state index contributed by atoms with van der Waals surface area (Å²) in [6.07, 6.45) is 3.36. The van der Waals surface area contributed by atoms with Crippen molar-refractivity contribution in [3.05, 3.63) is 46.2 Å². The summed E-state index contributed by atoms with van der Waals surface area (Å²) in [7, 11) is 0. The van der Waals surface area contributed by atoms with Gasteiger partial charge in [-0.1, -0.05) is 35.4 Å². The molecule has 3 N–H and O–H groups in total. The van der Waals surface area contributed by atoms with Crippen LogP contribution in [0.15, 0.2) is 34.0 Å². The van der Waals surface area contributed by atoms with Crippen LogP contribution in [0.2, 0.25) is 5.02 Å². The number of hydrogen-bond acceptors (Lipinski definition) is 9. The molecule has 1 aromatic carbocycles. The largest absolute Gasteiger partial charge is 0.378 e. The molecule has 1 amide bonds. The third-order valence-electron chi connectivity index (χ3n) is 5.56. The van der Waals surface area contributed by atoms with E-state index in [1.54, 1.807) is 19.1 Å². The first-order chi connectivity index (χ1) is 15.4. The summed E-state index contributed by atoms with van der Waals surface area (Å²) < 4.78 is 6.11. The summed E-state index contributed by atoms with van der Waals surface area (Å²) >= 11 is 5.93. The summed E-state index contributed by atoms with van der Waals surface area (Å²) in [6.45, 7) is 5.31. The van der Waals surface area contributed by atoms with Gasteiger partial charge >= 0.3 is 0 Å². The fraction of sp³-hybridized carbons (Fsp3) is 0.400. The van der Waals surface area contributed by atoms with Crippen molar-refractivity contribution in [3.63, 3.8) is 0 Å². The first-order valence-electron chi connectivity index (χ1n) is 10.3. The molecule has 32 heavy (non-hydrogen) atoms. The molecule has 1 atom stereocenters. The van der Waals surface area contributed by atoms with Crippen molar-refractivity contribution in [1.82, 2.24) is 35.6 Å². The van der Waals surface area contributed by atoms with Crippen molar-refractivity contribution >= 4 is 29.0 Å². The molecule has 1 aliphatic rings. The van der Waals surface area contributed by atoms with E-state index in [0.717, 1.165) is 24.9 Å². The highest BCUT2D eigenvalue weighted by Gasteiger charge is 2.28. The van der Waals surface area contributed by atoms with E-state index in [-0.39, 0.29) is 17.3 Å². The fourth-order valence-corrected chi connectivity index (χ4v) is 3.78. The van der Waals surface area contributed by atoms with Crippen molar-refractivity contribution in [2.75, 3.05) is 12.3 Å². The van der Waals surface area contributed by atoms with Gasteiger partial charge in [-0.15, -0.1) is 5.10 Å². The van der Waals surface area contributed by atoms with Gasteiger partial charge in [0.1, 0.15) is 0 Å². The Kier molecular flexibility index (Phi) is 6.47. The molecular formula is C20H24ClN9O2. The molecule has 0 unspecified atom stereocenters. The molecule has 0 spiro atoms. The van der Waals surface area contributed by atoms with E-state index in [0.29, 0.717) is 29.0 Å². The highest BCUT2D eigenvalue weighted by atomic mass is 35.5. The molecule has 12 heteroatoms. The third kappa shape index (κ3) is 4.63. The van der Waals surface area contributed by atoms with Crippen LogP contribution in [-0.2, 0) is 6.54 Å². The maximum absolute atomic E-state index is 13.0. The summed E-state index contributed by atoms with van der Waals surface area (Å²) in [4.78, 5) is 15.3. The van der Waals surface area contributed by atoms with E-state index < -0.39 is 5.91 Å². The number of nitrogens with one attached hydrogen (secondary N) is 1. The third-order valence-corrected chi connectivity index (χ3v) is 5.81. The number of rotatable bonds is 6. The van der Waals surface area contributed by atoms with Crippen molar-refractivity contribution in [3.8, 4) is 5.82 Å². The molecule has 4 rings (SSSR count). The Morgan fingerprint density at radius 1 is 1.31 bits per heavy atom. The molecule has 1 saturated heterocycles. The lowest BCUT2D eigenvalue weighted by molar-refractivity contribution is 0.0944. The van der Waals surface area contributed by atoms with Crippen LogP contribution in [0.4, 0.5) is 5.82 Å². The van der Waals surface area contributed by atoms with E-state index in [2.05, 4.69) is 43.0 Å². The standard InChI is InChI=1S/C20H24ClN9O2/c1-12-5-3-4-10-29(12)11-16-17(24-28-30(16)19-18(22)26-32-27-19)20(31)25-23-13(2)14-6-8-15(21)9-7-14/h6-9,12H,3-5,10-11H2,1-2H3,(H2,22,26)(H,25,31)/b23-13+/t12-/m1/s1. The second-order valence-electron chi connectivity index (χ2n) is 7.73. The fourth-order valence-electron chi connectivity index (χ4n) is 3.66. The molecular weight excluding hydrogens is 434 g/mol. The number of nitrogens with zero attached hydrogens (tertiary/aromatic N) is 7. The van der Waals surface area contributed by atoms with Crippen molar-refractivity contribution in [2.24, 2.45) is 5.10 Å². The Morgan fingerprint density at radius 3 is 2.78 bits per heavy atom. The molecule has 0 radical (unpaired) electrons. The van der Waals surface area contributed by atoms with Gasteiger partial charge in [0.15, 0.2) is 5.69 Å². The first kappa shape index (κ1) is 21.9. The summed E-state index contributed by atoms with van der Waals surface area (Å²) in [5.74, 6) is -0.234. The van der Waals surface area contributed by atoms with Crippen molar-refractivity contribution in [1.29, 1.82) is 0 Å². The lowest BCUT2D eigenvalue weighted by atomic mass is 10.0. The average molecular weight is 458 g/mol. The lowest BCUT2D eigenvalue weighted by Gasteiger charge is -2.33. The minimum Gasteiger partial charge on any atom is -0.378 e. The maximum Gasteiger partial charge on any atom is 0.293 e. The van der Waals surface area contributed by atoms with Crippen LogP contribution in [0, 0.1) is 0 Å². The first-order valence-corrected chi connectivity index (χ1v) is 10.7. The van der Waals surface area contributed by atoms with Gasteiger partial charge in [0, 0.05) is 17.6 Å². The Morgan fingerprint density at radius 2 is 2.09 bits per heavy atom. The van der Waals surface area contributed by atoms with Gasteiger partial charge in [-0.2, -0.15) is 9.78 Å². The number of likely N-dealkylation sites (tertiary alicyclic amines) is 1. The van der Waals surface area contributed by atoms with Gasteiger partial charge < -0.3 is 5.73 Å². The average Bonchev–Trinajstić information content (AvgIpc) is 3.39.